The zero-order valence-electron chi connectivity index (χ0n) is 51.0. The first-order valence-corrected chi connectivity index (χ1v) is 33.9. The van der Waals surface area contributed by atoms with Crippen molar-refractivity contribution in [3.8, 4) is 0 Å². The molecule has 0 aliphatic rings. The van der Waals surface area contributed by atoms with Crippen molar-refractivity contribution < 1.29 is 24.5 Å². The molecule has 0 saturated carbocycles. The monoisotopic (exact) mass is 1070 g/mol. The fourth-order valence-corrected chi connectivity index (χ4v) is 10.4. The Balaban J connectivity index is 3.42. The van der Waals surface area contributed by atoms with Crippen molar-refractivity contribution >= 4 is 11.9 Å². The summed E-state index contributed by atoms with van der Waals surface area (Å²) >= 11 is 0. The van der Waals surface area contributed by atoms with Gasteiger partial charge in [-0.2, -0.15) is 0 Å². The molecule has 0 bridgehead atoms. The van der Waals surface area contributed by atoms with Crippen molar-refractivity contribution in [1.82, 2.24) is 5.32 Å². The first-order chi connectivity index (χ1) is 37.5. The predicted molar refractivity (Wildman–Crippen MR) is 333 cm³/mol. The number of unbranched alkanes of at least 4 members (excludes halogenated alkanes) is 46. The molecule has 2 atom stereocenters. The number of hydrogen-bond donors (Lipinski definition) is 3. The highest BCUT2D eigenvalue weighted by molar-refractivity contribution is 5.76. The number of carbonyl (C=O) groups is 2. The lowest BCUT2D eigenvalue weighted by Crippen LogP contribution is -2.45. The van der Waals surface area contributed by atoms with Crippen LogP contribution in [0.5, 0.6) is 0 Å². The molecule has 0 fully saturated rings. The number of ether oxygens (including phenoxy) is 1. The lowest BCUT2D eigenvalue weighted by molar-refractivity contribution is -0.143. The van der Waals surface area contributed by atoms with Crippen LogP contribution in [0.2, 0.25) is 0 Å². The normalized spacial score (nSPS) is 12.8. The summed E-state index contributed by atoms with van der Waals surface area (Å²) < 4.78 is 5.50. The van der Waals surface area contributed by atoms with Gasteiger partial charge in [-0.3, -0.25) is 9.59 Å². The third-order valence-electron chi connectivity index (χ3n) is 15.6. The van der Waals surface area contributed by atoms with E-state index in [9.17, 15) is 19.8 Å². The van der Waals surface area contributed by atoms with Crippen LogP contribution in [0.3, 0.4) is 0 Å². The highest BCUT2D eigenvalue weighted by Gasteiger charge is 2.18. The Kier molecular flexibility index (Phi) is 63.5. The molecule has 6 heteroatoms. The van der Waals surface area contributed by atoms with Crippen LogP contribution in [-0.4, -0.2) is 47.4 Å². The van der Waals surface area contributed by atoms with Gasteiger partial charge in [-0.25, -0.2) is 0 Å². The number of nitrogens with one attached hydrogen (secondary N) is 1. The summed E-state index contributed by atoms with van der Waals surface area (Å²) in [6.07, 6.45) is 84.5. The van der Waals surface area contributed by atoms with E-state index in [2.05, 4.69) is 55.6 Å². The van der Waals surface area contributed by atoms with Crippen LogP contribution in [-0.2, 0) is 14.3 Å². The number of esters is 1. The molecule has 0 aromatic carbocycles. The van der Waals surface area contributed by atoms with Gasteiger partial charge in [0.25, 0.3) is 0 Å². The topological polar surface area (TPSA) is 95.9 Å². The molecular weight excluding hydrogens is 935 g/mol. The van der Waals surface area contributed by atoms with Gasteiger partial charge in [0, 0.05) is 12.8 Å². The first kappa shape index (κ1) is 73.8. The molecule has 1 amide bonds. The average molecular weight is 1070 g/mol. The smallest absolute Gasteiger partial charge is 0.305 e. The Labute approximate surface area is 474 Å². The quantitative estimate of drug-likeness (QED) is 0.0320. The van der Waals surface area contributed by atoms with Gasteiger partial charge in [0.05, 0.1) is 25.4 Å². The molecular formula is C70H131NO5. The predicted octanol–water partition coefficient (Wildman–Crippen LogP) is 21.7. The van der Waals surface area contributed by atoms with Crippen molar-refractivity contribution in [2.45, 2.75) is 373 Å². The van der Waals surface area contributed by atoms with Crippen molar-refractivity contribution in [2.75, 3.05) is 13.2 Å². The minimum Gasteiger partial charge on any atom is -0.466 e. The molecule has 0 aliphatic carbocycles. The van der Waals surface area contributed by atoms with E-state index in [1.165, 1.54) is 276 Å². The zero-order valence-corrected chi connectivity index (χ0v) is 51.0. The van der Waals surface area contributed by atoms with Crippen molar-refractivity contribution in [3.63, 3.8) is 0 Å². The molecule has 0 saturated heterocycles. The minimum atomic E-state index is -0.849. The lowest BCUT2D eigenvalue weighted by Gasteiger charge is -2.20. The fourth-order valence-electron chi connectivity index (χ4n) is 10.4. The summed E-state index contributed by atoms with van der Waals surface area (Å²) in [6.45, 7) is 4.89. The molecule has 0 rings (SSSR count). The van der Waals surface area contributed by atoms with E-state index >= 15 is 0 Å². The number of aliphatic hydroxyl groups is 2. The molecule has 6 nitrogen and oxygen atoms in total. The van der Waals surface area contributed by atoms with E-state index in [1.807, 2.05) is 6.08 Å². The number of carbonyl (C=O) groups excluding carboxylic acids is 2. The van der Waals surface area contributed by atoms with Gasteiger partial charge < -0.3 is 20.3 Å². The molecule has 2 unspecified atom stereocenters. The number of allylic oxidation sites excluding steroid dienone is 7. The van der Waals surface area contributed by atoms with Crippen molar-refractivity contribution in [3.05, 3.63) is 48.6 Å². The second kappa shape index (κ2) is 65.3. The van der Waals surface area contributed by atoms with E-state index in [0.717, 1.165) is 57.8 Å². The summed E-state index contributed by atoms with van der Waals surface area (Å²) in [7, 11) is 0. The largest absolute Gasteiger partial charge is 0.466 e. The first-order valence-electron chi connectivity index (χ1n) is 33.9. The second-order valence-corrected chi connectivity index (χ2v) is 23.1. The fraction of sp³-hybridized carbons (Fsp3) is 0.857. The van der Waals surface area contributed by atoms with Crippen LogP contribution in [0.25, 0.3) is 0 Å². The van der Waals surface area contributed by atoms with E-state index < -0.39 is 12.1 Å². The summed E-state index contributed by atoms with van der Waals surface area (Å²) in [5, 5.41) is 23.2. The van der Waals surface area contributed by atoms with Gasteiger partial charge in [0.1, 0.15) is 0 Å². The van der Waals surface area contributed by atoms with Crippen molar-refractivity contribution in [2.24, 2.45) is 0 Å². The summed E-state index contributed by atoms with van der Waals surface area (Å²) in [6, 6.07) is -0.634. The number of hydrogen-bond acceptors (Lipinski definition) is 5. The van der Waals surface area contributed by atoms with Gasteiger partial charge in [-0.05, 0) is 89.9 Å². The standard InChI is InChI=1S/C70H131NO5/c1-3-5-7-9-11-13-15-17-19-21-27-32-36-40-44-48-52-56-60-64-70(75)76-65-61-57-53-49-45-41-37-33-29-26-24-22-23-25-28-31-35-39-43-47-51-55-59-63-69(74)71-67(66-72)68(73)62-58-54-50-46-42-38-34-30-20-18-16-14-12-10-8-6-4-2/h11,13,17,19,25,28,58,62,67-68,72-73H,3-10,12,14-16,18,20-24,26-27,29-57,59-61,63-66H2,1-2H3,(H,71,74)/b13-11-,19-17-,28-25-,62-58+. The van der Waals surface area contributed by atoms with Crippen LogP contribution in [0.1, 0.15) is 361 Å². The van der Waals surface area contributed by atoms with Gasteiger partial charge in [0.2, 0.25) is 5.91 Å². The molecule has 0 radical (unpaired) electrons. The van der Waals surface area contributed by atoms with Crippen LogP contribution in [0.15, 0.2) is 48.6 Å². The van der Waals surface area contributed by atoms with Crippen LogP contribution in [0.4, 0.5) is 0 Å². The Morgan fingerprint density at radius 2 is 0.658 bits per heavy atom. The van der Waals surface area contributed by atoms with Gasteiger partial charge >= 0.3 is 5.97 Å². The molecule has 0 spiro atoms. The highest BCUT2D eigenvalue weighted by atomic mass is 16.5. The molecule has 3 N–H and O–H groups in total. The van der Waals surface area contributed by atoms with E-state index in [0.29, 0.717) is 19.4 Å². The van der Waals surface area contributed by atoms with Crippen LogP contribution >= 0.6 is 0 Å². The Morgan fingerprint density at radius 1 is 0.368 bits per heavy atom. The summed E-state index contributed by atoms with van der Waals surface area (Å²) in [5.41, 5.74) is 0. The Bertz CT molecular complexity index is 1270. The molecule has 0 aromatic rings. The van der Waals surface area contributed by atoms with E-state index in [-0.39, 0.29) is 18.5 Å². The number of rotatable bonds is 63. The summed E-state index contributed by atoms with van der Waals surface area (Å²) in [4.78, 5) is 24.6. The highest BCUT2D eigenvalue weighted by Crippen LogP contribution is 2.17. The lowest BCUT2D eigenvalue weighted by atomic mass is 10.0. The molecule has 0 aliphatic heterocycles. The van der Waals surface area contributed by atoms with Gasteiger partial charge in [0.15, 0.2) is 0 Å². The third-order valence-corrected chi connectivity index (χ3v) is 15.6. The third kappa shape index (κ3) is 61.0. The zero-order chi connectivity index (χ0) is 55.0. The molecule has 0 heterocycles. The number of amides is 1. The number of aliphatic hydroxyl groups excluding tert-OH is 2. The minimum absolute atomic E-state index is 0.00728. The van der Waals surface area contributed by atoms with E-state index in [4.69, 9.17) is 4.74 Å². The van der Waals surface area contributed by atoms with Crippen molar-refractivity contribution in [1.29, 1.82) is 0 Å². The molecule has 0 aromatic heterocycles. The Morgan fingerprint density at radius 3 is 1.04 bits per heavy atom. The molecule has 76 heavy (non-hydrogen) atoms. The van der Waals surface area contributed by atoms with Gasteiger partial charge in [-0.1, -0.05) is 306 Å². The van der Waals surface area contributed by atoms with Gasteiger partial charge in [-0.15, -0.1) is 0 Å². The molecule has 446 valence electrons. The summed E-state index contributed by atoms with van der Waals surface area (Å²) in [5.74, 6) is -0.0653. The maximum absolute atomic E-state index is 12.5. The maximum Gasteiger partial charge on any atom is 0.305 e. The van der Waals surface area contributed by atoms with Crippen LogP contribution in [0, 0.1) is 0 Å². The van der Waals surface area contributed by atoms with Crippen LogP contribution < -0.4 is 5.32 Å². The van der Waals surface area contributed by atoms with E-state index in [1.54, 1.807) is 6.08 Å². The Hall–Kier alpha value is -2.18. The SMILES string of the molecule is CCCCC/C=C\C/C=C\CCCCCCCCCCCC(=O)OCCCCCCCCCCCCCC/C=C\CCCCCCCCCC(=O)NC(CO)C(O)/C=C/CCCCCCCCCCCCCCCCC. The average Bonchev–Trinajstić information content (AvgIpc) is 3.42. The maximum atomic E-state index is 12.5. The second-order valence-electron chi connectivity index (χ2n) is 23.1.